The SMILES string of the molecule is CCNc1cc(NC#N)ncn1. The number of nitrogens with zero attached hydrogens (tertiary/aromatic N) is 3. The molecular formula is C7H9N5. The molecular weight excluding hydrogens is 154 g/mol. The molecule has 0 aliphatic carbocycles. The van der Waals surface area contributed by atoms with Crippen LogP contribution in [0.2, 0.25) is 0 Å². The van der Waals surface area contributed by atoms with Crippen molar-refractivity contribution >= 4 is 11.6 Å². The molecule has 1 rings (SSSR count). The van der Waals surface area contributed by atoms with Gasteiger partial charge in [0.05, 0.1) is 0 Å². The monoisotopic (exact) mass is 163 g/mol. The van der Waals surface area contributed by atoms with Crippen LogP contribution in [-0.2, 0) is 0 Å². The number of rotatable bonds is 3. The van der Waals surface area contributed by atoms with E-state index in [2.05, 4.69) is 20.6 Å². The van der Waals surface area contributed by atoms with Crippen LogP contribution in [0.1, 0.15) is 6.92 Å². The zero-order chi connectivity index (χ0) is 8.81. The number of nitrogens with one attached hydrogen (secondary N) is 2. The fourth-order valence-corrected chi connectivity index (χ4v) is 0.761. The van der Waals surface area contributed by atoms with Crippen molar-refractivity contribution in [3.8, 4) is 6.19 Å². The molecule has 5 nitrogen and oxygen atoms in total. The Morgan fingerprint density at radius 1 is 1.50 bits per heavy atom. The Labute approximate surface area is 70.5 Å². The molecule has 0 aromatic carbocycles. The molecule has 0 aliphatic rings. The number of hydrogen-bond acceptors (Lipinski definition) is 5. The van der Waals surface area contributed by atoms with E-state index in [-0.39, 0.29) is 0 Å². The van der Waals surface area contributed by atoms with Gasteiger partial charge in [-0.25, -0.2) is 9.97 Å². The van der Waals surface area contributed by atoms with Crippen LogP contribution < -0.4 is 10.6 Å². The molecule has 0 saturated carbocycles. The van der Waals surface area contributed by atoms with Crippen LogP contribution in [0.5, 0.6) is 0 Å². The fraction of sp³-hybridized carbons (Fsp3) is 0.286. The van der Waals surface area contributed by atoms with Crippen LogP contribution in [0, 0.1) is 11.5 Å². The molecule has 12 heavy (non-hydrogen) atoms. The number of hydrogen-bond donors (Lipinski definition) is 2. The van der Waals surface area contributed by atoms with E-state index in [0.717, 1.165) is 6.54 Å². The van der Waals surface area contributed by atoms with Gasteiger partial charge < -0.3 is 5.32 Å². The van der Waals surface area contributed by atoms with E-state index in [1.165, 1.54) is 6.33 Å². The number of anilines is 2. The third kappa shape index (κ3) is 2.09. The summed E-state index contributed by atoms with van der Waals surface area (Å²) in [5.41, 5.74) is 0. The van der Waals surface area contributed by atoms with E-state index in [9.17, 15) is 0 Å². The average Bonchev–Trinajstić information content (AvgIpc) is 2.06. The summed E-state index contributed by atoms with van der Waals surface area (Å²) < 4.78 is 0. The maximum absolute atomic E-state index is 8.30. The molecule has 0 fully saturated rings. The van der Waals surface area contributed by atoms with Gasteiger partial charge in [0.2, 0.25) is 0 Å². The molecule has 2 N–H and O–H groups in total. The van der Waals surface area contributed by atoms with Crippen molar-refractivity contribution in [3.05, 3.63) is 12.4 Å². The van der Waals surface area contributed by atoms with Crippen LogP contribution in [0.25, 0.3) is 0 Å². The lowest BCUT2D eigenvalue weighted by Gasteiger charge is -2.01. The predicted molar refractivity (Wildman–Crippen MR) is 45.4 cm³/mol. The summed E-state index contributed by atoms with van der Waals surface area (Å²) in [5.74, 6) is 1.22. The maximum atomic E-state index is 8.30. The Balaban J connectivity index is 2.75. The van der Waals surface area contributed by atoms with Crippen molar-refractivity contribution in [3.63, 3.8) is 0 Å². The average molecular weight is 163 g/mol. The van der Waals surface area contributed by atoms with Crippen molar-refractivity contribution in [1.82, 2.24) is 9.97 Å². The fourth-order valence-electron chi connectivity index (χ4n) is 0.761. The van der Waals surface area contributed by atoms with Crippen molar-refractivity contribution in [2.24, 2.45) is 0 Å². The van der Waals surface area contributed by atoms with Crippen LogP contribution >= 0.6 is 0 Å². The Morgan fingerprint density at radius 2 is 2.25 bits per heavy atom. The zero-order valence-corrected chi connectivity index (χ0v) is 6.70. The van der Waals surface area contributed by atoms with Gasteiger partial charge in [-0.05, 0) is 6.92 Å². The largest absolute Gasteiger partial charge is 0.370 e. The molecule has 0 radical (unpaired) electrons. The summed E-state index contributed by atoms with van der Waals surface area (Å²) in [5, 5.41) is 13.7. The summed E-state index contributed by atoms with van der Waals surface area (Å²) in [6, 6.07) is 1.67. The molecule has 0 amide bonds. The quantitative estimate of drug-likeness (QED) is 0.509. The van der Waals surface area contributed by atoms with E-state index in [4.69, 9.17) is 5.26 Å². The van der Waals surface area contributed by atoms with Gasteiger partial charge in [-0.1, -0.05) is 0 Å². The third-order valence-corrected chi connectivity index (χ3v) is 1.21. The van der Waals surface area contributed by atoms with E-state index in [0.29, 0.717) is 11.6 Å². The Kier molecular flexibility index (Phi) is 2.85. The second kappa shape index (κ2) is 4.13. The molecule has 0 saturated heterocycles. The summed E-state index contributed by atoms with van der Waals surface area (Å²) in [6.07, 6.45) is 3.19. The van der Waals surface area contributed by atoms with Crippen molar-refractivity contribution in [2.75, 3.05) is 17.2 Å². The standard InChI is InChI=1S/C7H9N5/c1-2-9-6-3-7(10-4-8)12-5-11-6/h3,5H,2H2,1H3,(H2,9,10,11,12). The first kappa shape index (κ1) is 8.27. The van der Waals surface area contributed by atoms with Crippen LogP contribution in [0.3, 0.4) is 0 Å². The summed E-state index contributed by atoms with van der Waals surface area (Å²) in [6.45, 7) is 2.77. The smallest absolute Gasteiger partial charge is 0.182 e. The number of aromatic nitrogens is 2. The normalized spacial score (nSPS) is 8.67. The summed E-state index contributed by atoms with van der Waals surface area (Å²) in [4.78, 5) is 7.77. The minimum atomic E-state index is 0.503. The highest BCUT2D eigenvalue weighted by Gasteiger charge is 1.94. The Morgan fingerprint density at radius 3 is 2.92 bits per heavy atom. The summed E-state index contributed by atoms with van der Waals surface area (Å²) in [7, 11) is 0. The van der Waals surface area contributed by atoms with Gasteiger partial charge in [0, 0.05) is 12.6 Å². The van der Waals surface area contributed by atoms with Crippen LogP contribution in [-0.4, -0.2) is 16.5 Å². The van der Waals surface area contributed by atoms with Gasteiger partial charge in [-0.3, -0.25) is 5.32 Å². The van der Waals surface area contributed by atoms with E-state index < -0.39 is 0 Å². The highest BCUT2D eigenvalue weighted by molar-refractivity contribution is 5.48. The van der Waals surface area contributed by atoms with Crippen molar-refractivity contribution < 1.29 is 0 Å². The zero-order valence-electron chi connectivity index (χ0n) is 6.70. The maximum Gasteiger partial charge on any atom is 0.182 e. The van der Waals surface area contributed by atoms with Gasteiger partial charge in [0.15, 0.2) is 6.19 Å². The minimum absolute atomic E-state index is 0.503. The van der Waals surface area contributed by atoms with Gasteiger partial charge in [-0.2, -0.15) is 5.26 Å². The van der Waals surface area contributed by atoms with Gasteiger partial charge in [0.1, 0.15) is 18.0 Å². The minimum Gasteiger partial charge on any atom is -0.370 e. The molecule has 1 aromatic heterocycles. The molecule has 0 aliphatic heterocycles. The lowest BCUT2D eigenvalue weighted by molar-refractivity contribution is 1.11. The molecule has 0 spiro atoms. The van der Waals surface area contributed by atoms with E-state index in [1.807, 2.05) is 6.92 Å². The first-order valence-corrected chi connectivity index (χ1v) is 3.58. The first-order valence-electron chi connectivity index (χ1n) is 3.58. The lowest BCUT2D eigenvalue weighted by atomic mass is 10.5. The van der Waals surface area contributed by atoms with Crippen molar-refractivity contribution in [1.29, 1.82) is 5.26 Å². The third-order valence-electron chi connectivity index (χ3n) is 1.21. The molecule has 5 heteroatoms. The Hall–Kier alpha value is -1.83. The molecule has 0 atom stereocenters. The number of nitriles is 1. The Bertz CT molecular complexity index is 290. The predicted octanol–water partition coefficient (Wildman–Crippen LogP) is 0.801. The topological polar surface area (TPSA) is 73.6 Å². The van der Waals surface area contributed by atoms with Crippen molar-refractivity contribution in [2.45, 2.75) is 6.92 Å². The first-order chi connectivity index (χ1) is 5.86. The van der Waals surface area contributed by atoms with Gasteiger partial charge in [-0.15, -0.1) is 0 Å². The summed E-state index contributed by atoms with van der Waals surface area (Å²) >= 11 is 0. The molecule has 0 bridgehead atoms. The molecule has 0 unspecified atom stereocenters. The molecule has 62 valence electrons. The van der Waals surface area contributed by atoms with Crippen LogP contribution in [0.4, 0.5) is 11.6 Å². The highest BCUT2D eigenvalue weighted by Crippen LogP contribution is 2.06. The molecule has 1 heterocycles. The highest BCUT2D eigenvalue weighted by atomic mass is 15.1. The van der Waals surface area contributed by atoms with Crippen LogP contribution in [0.15, 0.2) is 12.4 Å². The molecule has 1 aromatic rings. The lowest BCUT2D eigenvalue weighted by Crippen LogP contribution is -2.01. The van der Waals surface area contributed by atoms with Gasteiger partial charge in [0.25, 0.3) is 0 Å². The second-order valence-electron chi connectivity index (χ2n) is 2.06. The van der Waals surface area contributed by atoms with E-state index in [1.54, 1.807) is 12.3 Å². The van der Waals surface area contributed by atoms with E-state index >= 15 is 0 Å². The van der Waals surface area contributed by atoms with Gasteiger partial charge >= 0.3 is 0 Å². The second-order valence-corrected chi connectivity index (χ2v) is 2.06.